The molecule has 0 fully saturated rings. The molecular weight excluding hydrogens is 244 g/mol. The quantitative estimate of drug-likeness (QED) is 0.680. The van der Waals surface area contributed by atoms with Crippen LogP contribution in [0, 0.1) is 6.92 Å². The van der Waals surface area contributed by atoms with Gasteiger partial charge in [-0.1, -0.05) is 35.9 Å². The van der Waals surface area contributed by atoms with E-state index in [1.54, 1.807) is 0 Å². The number of imidazole rings is 1. The molecule has 0 aliphatic rings. The molecule has 3 rings (SSSR count). The van der Waals surface area contributed by atoms with Gasteiger partial charge in [0.1, 0.15) is 5.65 Å². The molecule has 0 N–H and O–H groups in total. The monoisotopic (exact) mass is 256 g/mol. The second-order valence-corrected chi connectivity index (χ2v) is 4.88. The molecule has 0 saturated carbocycles. The third kappa shape index (κ3) is 2.12. The predicted octanol–water partition coefficient (Wildman–Crippen LogP) is 3.89. The van der Waals surface area contributed by atoms with Crippen LogP contribution in [0.3, 0.4) is 0 Å². The van der Waals surface area contributed by atoms with Gasteiger partial charge >= 0.3 is 0 Å². The molecule has 0 saturated heterocycles. The fourth-order valence-electron chi connectivity index (χ4n) is 2.08. The number of hydrogen-bond donors (Lipinski definition) is 0. The zero-order valence-corrected chi connectivity index (χ0v) is 10.9. The molecule has 18 heavy (non-hydrogen) atoms. The average molecular weight is 257 g/mol. The topological polar surface area (TPSA) is 17.3 Å². The third-order valence-corrected chi connectivity index (χ3v) is 3.35. The zero-order chi connectivity index (χ0) is 12.5. The van der Waals surface area contributed by atoms with E-state index in [0.29, 0.717) is 0 Å². The summed E-state index contributed by atoms with van der Waals surface area (Å²) >= 11 is 6.16. The Balaban J connectivity index is 1.98. The molecule has 0 amide bonds. The maximum absolute atomic E-state index is 6.16. The van der Waals surface area contributed by atoms with E-state index in [0.717, 1.165) is 28.3 Å². The van der Waals surface area contributed by atoms with Gasteiger partial charge in [-0.05, 0) is 30.2 Å². The van der Waals surface area contributed by atoms with Crippen molar-refractivity contribution in [2.45, 2.75) is 13.3 Å². The summed E-state index contributed by atoms with van der Waals surface area (Å²) in [6.45, 7) is 2.08. The van der Waals surface area contributed by atoms with E-state index in [4.69, 9.17) is 11.6 Å². The molecule has 0 spiro atoms. The molecule has 0 atom stereocenters. The summed E-state index contributed by atoms with van der Waals surface area (Å²) in [5.74, 6) is 0. The molecule has 0 aliphatic carbocycles. The third-order valence-electron chi connectivity index (χ3n) is 2.98. The molecule has 1 aromatic carbocycles. The molecule has 0 aliphatic heterocycles. The number of fused-ring (bicyclic) bond motifs is 1. The molecule has 2 aromatic heterocycles. The molecular formula is C15H13ClN2. The number of aryl methyl sites for hydroxylation is 1. The smallest absolute Gasteiger partial charge is 0.137 e. The highest BCUT2D eigenvalue weighted by Gasteiger charge is 2.05. The second kappa shape index (κ2) is 4.46. The Labute approximate surface area is 111 Å². The van der Waals surface area contributed by atoms with Gasteiger partial charge in [0.05, 0.1) is 5.69 Å². The molecule has 2 nitrogen and oxygen atoms in total. The second-order valence-electron chi connectivity index (χ2n) is 4.47. The normalized spacial score (nSPS) is 11.0. The first-order valence-corrected chi connectivity index (χ1v) is 6.28. The lowest BCUT2D eigenvalue weighted by atomic mass is 10.1. The van der Waals surface area contributed by atoms with Crippen molar-refractivity contribution in [3.05, 3.63) is 70.6 Å². The Morgan fingerprint density at radius 2 is 1.94 bits per heavy atom. The van der Waals surface area contributed by atoms with Crippen molar-refractivity contribution in [3.8, 4) is 0 Å². The molecule has 3 heteroatoms. The van der Waals surface area contributed by atoms with E-state index >= 15 is 0 Å². The molecule has 2 heterocycles. The highest BCUT2D eigenvalue weighted by molar-refractivity contribution is 6.31. The molecule has 3 aromatic rings. The molecule has 90 valence electrons. The molecule has 0 radical (unpaired) electrons. The maximum Gasteiger partial charge on any atom is 0.137 e. The highest BCUT2D eigenvalue weighted by Crippen LogP contribution is 2.19. The first-order valence-electron chi connectivity index (χ1n) is 5.90. The van der Waals surface area contributed by atoms with Crippen molar-refractivity contribution in [2.75, 3.05) is 0 Å². The van der Waals surface area contributed by atoms with E-state index in [1.807, 2.05) is 30.3 Å². The lowest BCUT2D eigenvalue weighted by Crippen LogP contribution is -1.88. The minimum atomic E-state index is 0.764. The van der Waals surface area contributed by atoms with Crippen LogP contribution in [0.25, 0.3) is 5.65 Å². The van der Waals surface area contributed by atoms with Gasteiger partial charge in [0.15, 0.2) is 0 Å². The Bertz CT molecular complexity index is 701. The largest absolute Gasteiger partial charge is 0.307 e. The van der Waals surface area contributed by atoms with E-state index in [-0.39, 0.29) is 0 Å². The number of benzene rings is 1. The first kappa shape index (κ1) is 11.3. The van der Waals surface area contributed by atoms with Crippen LogP contribution < -0.4 is 0 Å². The lowest BCUT2D eigenvalue weighted by Gasteiger charge is -2.00. The number of hydrogen-bond acceptors (Lipinski definition) is 1. The van der Waals surface area contributed by atoms with Crippen LogP contribution >= 0.6 is 11.6 Å². The Morgan fingerprint density at radius 3 is 2.78 bits per heavy atom. The van der Waals surface area contributed by atoms with Gasteiger partial charge in [-0.15, -0.1) is 0 Å². The number of nitrogens with zero attached hydrogens (tertiary/aromatic N) is 2. The van der Waals surface area contributed by atoms with Crippen molar-refractivity contribution in [2.24, 2.45) is 0 Å². The Hall–Kier alpha value is -1.80. The summed E-state index contributed by atoms with van der Waals surface area (Å²) in [5.41, 5.74) is 4.35. The number of halogens is 1. The summed E-state index contributed by atoms with van der Waals surface area (Å²) < 4.78 is 2.06. The van der Waals surface area contributed by atoms with Gasteiger partial charge in [-0.3, -0.25) is 0 Å². The molecule has 0 unspecified atom stereocenters. The van der Waals surface area contributed by atoms with Gasteiger partial charge in [0.2, 0.25) is 0 Å². The zero-order valence-electron chi connectivity index (χ0n) is 10.1. The van der Waals surface area contributed by atoms with Crippen molar-refractivity contribution < 1.29 is 0 Å². The van der Waals surface area contributed by atoms with Crippen molar-refractivity contribution in [1.29, 1.82) is 0 Å². The number of pyridine rings is 1. The van der Waals surface area contributed by atoms with Crippen molar-refractivity contribution in [1.82, 2.24) is 9.38 Å². The van der Waals surface area contributed by atoms with E-state index < -0.39 is 0 Å². The van der Waals surface area contributed by atoms with Crippen LogP contribution in [0.5, 0.6) is 0 Å². The van der Waals surface area contributed by atoms with Crippen LogP contribution in [0.4, 0.5) is 0 Å². The highest BCUT2D eigenvalue weighted by atomic mass is 35.5. The minimum Gasteiger partial charge on any atom is -0.307 e. The maximum atomic E-state index is 6.16. The lowest BCUT2D eigenvalue weighted by molar-refractivity contribution is 1.11. The average Bonchev–Trinajstić information content (AvgIpc) is 2.73. The summed E-state index contributed by atoms with van der Waals surface area (Å²) in [4.78, 5) is 4.59. The summed E-state index contributed by atoms with van der Waals surface area (Å²) in [7, 11) is 0. The fourth-order valence-corrected chi connectivity index (χ4v) is 2.28. The summed E-state index contributed by atoms with van der Waals surface area (Å²) in [6, 6.07) is 12.0. The SMILES string of the molecule is Cc1ccc2nc(Cc3ccccc3Cl)cn2c1. The van der Waals surface area contributed by atoms with Crippen LogP contribution in [0.15, 0.2) is 48.8 Å². The van der Waals surface area contributed by atoms with E-state index in [9.17, 15) is 0 Å². The van der Waals surface area contributed by atoms with E-state index in [1.165, 1.54) is 5.56 Å². The Kier molecular flexibility index (Phi) is 2.80. The van der Waals surface area contributed by atoms with Crippen LogP contribution in [0.1, 0.15) is 16.8 Å². The van der Waals surface area contributed by atoms with Gasteiger partial charge in [0.25, 0.3) is 0 Å². The fraction of sp³-hybridized carbons (Fsp3) is 0.133. The number of aromatic nitrogens is 2. The summed E-state index contributed by atoms with van der Waals surface area (Å²) in [5, 5.41) is 0.797. The predicted molar refractivity (Wildman–Crippen MR) is 74.2 cm³/mol. The van der Waals surface area contributed by atoms with E-state index in [2.05, 4.69) is 34.8 Å². The van der Waals surface area contributed by atoms with Gasteiger partial charge in [-0.25, -0.2) is 4.98 Å². The van der Waals surface area contributed by atoms with Gasteiger partial charge in [0, 0.05) is 23.8 Å². The van der Waals surface area contributed by atoms with Gasteiger partial charge < -0.3 is 4.40 Å². The van der Waals surface area contributed by atoms with Crippen LogP contribution in [-0.2, 0) is 6.42 Å². The van der Waals surface area contributed by atoms with Crippen molar-refractivity contribution >= 4 is 17.2 Å². The number of rotatable bonds is 2. The molecule has 0 bridgehead atoms. The first-order chi connectivity index (χ1) is 8.72. The van der Waals surface area contributed by atoms with Crippen LogP contribution in [-0.4, -0.2) is 9.38 Å². The summed E-state index contributed by atoms with van der Waals surface area (Å²) in [6.07, 6.45) is 4.91. The van der Waals surface area contributed by atoms with Crippen LogP contribution in [0.2, 0.25) is 5.02 Å². The Morgan fingerprint density at radius 1 is 1.11 bits per heavy atom. The van der Waals surface area contributed by atoms with Crippen molar-refractivity contribution in [3.63, 3.8) is 0 Å². The minimum absolute atomic E-state index is 0.764. The van der Waals surface area contributed by atoms with Gasteiger partial charge in [-0.2, -0.15) is 0 Å². The standard InChI is InChI=1S/C15H13ClN2/c1-11-6-7-15-17-13(10-18(15)9-11)8-12-4-2-3-5-14(12)16/h2-7,9-10H,8H2,1H3.